The smallest absolute Gasteiger partial charge is 0.235 e. The maximum absolute atomic E-state index is 12.3. The van der Waals surface area contributed by atoms with E-state index in [2.05, 4.69) is 17.0 Å². The summed E-state index contributed by atoms with van der Waals surface area (Å²) < 4.78 is 0. The number of thioether (sulfide) groups is 1. The van der Waals surface area contributed by atoms with Gasteiger partial charge in [-0.3, -0.25) is 9.69 Å². The van der Waals surface area contributed by atoms with Crippen LogP contribution in [0.1, 0.15) is 40.8 Å². The fourth-order valence-corrected chi connectivity index (χ4v) is 5.31. The average Bonchev–Trinajstić information content (AvgIpc) is 3.11. The van der Waals surface area contributed by atoms with E-state index in [1.165, 1.54) is 0 Å². The van der Waals surface area contributed by atoms with E-state index in [0.717, 1.165) is 24.7 Å². The van der Waals surface area contributed by atoms with Crippen molar-refractivity contribution in [3.05, 3.63) is 52.6 Å². The van der Waals surface area contributed by atoms with Crippen LogP contribution in [0.25, 0.3) is 0 Å². The second kappa shape index (κ2) is 12.5. The molecule has 0 aliphatic carbocycles. The van der Waals surface area contributed by atoms with Crippen LogP contribution in [0.3, 0.4) is 0 Å². The molecule has 1 saturated heterocycles. The first kappa shape index (κ1) is 26.5. The number of carbonyl (C=O) groups is 1. The molecule has 4 N–H and O–H groups in total. The van der Waals surface area contributed by atoms with Gasteiger partial charge < -0.3 is 20.8 Å². The Balaban J connectivity index is 2.01. The predicted octanol–water partition coefficient (Wildman–Crippen LogP) is 1.57. The number of aliphatic hydroxyl groups excluding tert-OH is 2. The van der Waals surface area contributed by atoms with Crippen LogP contribution in [0.4, 0.5) is 5.82 Å². The van der Waals surface area contributed by atoms with Crippen LogP contribution in [-0.4, -0.2) is 71.4 Å². The van der Waals surface area contributed by atoms with Gasteiger partial charge in [-0.15, -0.1) is 0 Å². The van der Waals surface area contributed by atoms with Crippen LogP contribution in [0, 0.1) is 22.7 Å². The van der Waals surface area contributed by atoms with Crippen molar-refractivity contribution in [1.82, 2.24) is 9.88 Å². The number of primary amides is 1. The van der Waals surface area contributed by atoms with E-state index in [1.54, 1.807) is 0 Å². The Morgan fingerprint density at radius 2 is 1.89 bits per heavy atom. The third-order valence-electron chi connectivity index (χ3n) is 5.98. The Hall–Kier alpha value is -3.15. The molecule has 2 unspecified atom stereocenters. The third-order valence-corrected chi connectivity index (χ3v) is 7.24. The zero-order chi connectivity index (χ0) is 25.4. The van der Waals surface area contributed by atoms with Crippen LogP contribution in [0.5, 0.6) is 0 Å². The number of rotatable bonds is 9. The Morgan fingerprint density at radius 3 is 2.49 bits per heavy atom. The fourth-order valence-electron chi connectivity index (χ4n) is 4.25. The summed E-state index contributed by atoms with van der Waals surface area (Å²) in [5, 5.41) is 38.6. The van der Waals surface area contributed by atoms with Crippen molar-refractivity contribution in [2.24, 2.45) is 5.73 Å². The maximum atomic E-state index is 12.3. The summed E-state index contributed by atoms with van der Waals surface area (Å²) in [5.41, 5.74) is 7.71. The summed E-state index contributed by atoms with van der Waals surface area (Å²) >= 11 is 1.13. The lowest BCUT2D eigenvalue weighted by atomic mass is 10.0. The first-order valence-electron chi connectivity index (χ1n) is 11.6. The van der Waals surface area contributed by atoms with E-state index in [-0.39, 0.29) is 6.61 Å². The number of nitrogens with zero attached hydrogens (tertiary/aromatic N) is 5. The highest BCUT2D eigenvalue weighted by atomic mass is 32.2. The summed E-state index contributed by atoms with van der Waals surface area (Å²) in [6.45, 7) is 4.54. The number of benzene rings is 1. The Morgan fingerprint density at radius 1 is 1.17 bits per heavy atom. The Bertz CT molecular complexity index is 1110. The highest BCUT2D eigenvalue weighted by Gasteiger charge is 2.28. The second-order valence-corrected chi connectivity index (χ2v) is 9.43. The van der Waals surface area contributed by atoms with Crippen LogP contribution in [0.2, 0.25) is 0 Å². The molecule has 1 aliphatic heterocycles. The molecule has 35 heavy (non-hydrogen) atoms. The molecule has 2 aromatic rings. The highest BCUT2D eigenvalue weighted by Crippen LogP contribution is 2.39. The molecule has 2 atom stereocenters. The van der Waals surface area contributed by atoms with Crippen molar-refractivity contribution in [2.75, 3.05) is 44.2 Å². The Labute approximate surface area is 209 Å². The summed E-state index contributed by atoms with van der Waals surface area (Å²) in [5.74, 6) is -0.0459. The van der Waals surface area contributed by atoms with Gasteiger partial charge in [0.15, 0.2) is 0 Å². The van der Waals surface area contributed by atoms with Gasteiger partial charge in [-0.25, -0.2) is 4.98 Å². The van der Waals surface area contributed by atoms with Crippen LogP contribution in [0.15, 0.2) is 35.4 Å². The zero-order valence-electron chi connectivity index (χ0n) is 19.7. The number of aromatic nitrogens is 1. The number of hydrogen-bond donors (Lipinski definition) is 3. The molecule has 0 saturated carbocycles. The fraction of sp³-hybridized carbons (Fsp3) is 0.440. The van der Waals surface area contributed by atoms with Crippen LogP contribution in [-0.2, 0) is 11.2 Å². The molecule has 9 nitrogen and oxygen atoms in total. The normalized spacial score (nSPS) is 16.1. The second-order valence-electron chi connectivity index (χ2n) is 8.33. The van der Waals surface area contributed by atoms with Gasteiger partial charge in [-0.1, -0.05) is 49.0 Å². The molecule has 10 heteroatoms. The molecule has 1 aromatic heterocycles. The van der Waals surface area contributed by atoms with Gasteiger partial charge in [-0.05, 0) is 30.5 Å². The molecule has 3 rings (SSSR count). The lowest BCUT2D eigenvalue weighted by molar-refractivity contribution is -0.117. The first-order valence-corrected chi connectivity index (χ1v) is 12.5. The average molecular weight is 495 g/mol. The maximum Gasteiger partial charge on any atom is 0.235 e. The molecule has 1 fully saturated rings. The first-order chi connectivity index (χ1) is 16.9. The van der Waals surface area contributed by atoms with Crippen LogP contribution >= 0.6 is 11.8 Å². The highest BCUT2D eigenvalue weighted by molar-refractivity contribution is 8.00. The number of anilines is 1. The SMILES string of the molecule is CCc1c(C#N)c(SC(C(N)=O)c2ccccc2)nc(N2CCCN(CC(O)CO)CC2)c1C#N. The lowest BCUT2D eigenvalue weighted by Crippen LogP contribution is -2.37. The van der Waals surface area contributed by atoms with E-state index >= 15 is 0 Å². The van der Waals surface area contributed by atoms with Crippen molar-refractivity contribution >= 4 is 23.5 Å². The number of nitriles is 2. The van der Waals surface area contributed by atoms with Gasteiger partial charge in [-0.2, -0.15) is 10.5 Å². The van der Waals surface area contributed by atoms with Crippen molar-refractivity contribution in [3.8, 4) is 12.1 Å². The van der Waals surface area contributed by atoms with Crippen molar-refractivity contribution in [3.63, 3.8) is 0 Å². The number of nitrogens with two attached hydrogens (primary N) is 1. The molecule has 0 spiro atoms. The molecule has 184 valence electrons. The van der Waals surface area contributed by atoms with E-state index in [4.69, 9.17) is 10.7 Å². The van der Waals surface area contributed by atoms with Crippen molar-refractivity contribution < 1.29 is 15.0 Å². The number of hydrogen-bond acceptors (Lipinski definition) is 9. The summed E-state index contributed by atoms with van der Waals surface area (Å²) in [4.78, 5) is 21.2. The summed E-state index contributed by atoms with van der Waals surface area (Å²) in [6, 6.07) is 13.6. The number of carbonyl (C=O) groups excluding carboxylic acids is 1. The van der Waals surface area contributed by atoms with E-state index < -0.39 is 17.3 Å². The minimum Gasteiger partial charge on any atom is -0.394 e. The topological polar surface area (TPSA) is 150 Å². The predicted molar refractivity (Wildman–Crippen MR) is 134 cm³/mol. The molecule has 1 amide bonds. The Kier molecular flexibility index (Phi) is 9.47. The minimum absolute atomic E-state index is 0.293. The van der Waals surface area contributed by atoms with E-state index in [1.807, 2.05) is 42.2 Å². The molecular weight excluding hydrogens is 464 g/mol. The van der Waals surface area contributed by atoms with E-state index in [9.17, 15) is 25.5 Å². The lowest BCUT2D eigenvalue weighted by Gasteiger charge is -2.26. The third kappa shape index (κ3) is 6.30. The van der Waals surface area contributed by atoms with E-state index in [0.29, 0.717) is 65.7 Å². The van der Waals surface area contributed by atoms with Crippen LogP contribution < -0.4 is 10.6 Å². The van der Waals surface area contributed by atoms with Crippen molar-refractivity contribution in [1.29, 1.82) is 10.5 Å². The number of β-amino-alcohol motifs (C(OH)–C–C–N with tert-alkyl or cyclic N) is 1. The van der Waals surface area contributed by atoms with Gasteiger partial charge >= 0.3 is 0 Å². The van der Waals surface area contributed by atoms with Crippen molar-refractivity contribution in [2.45, 2.75) is 36.1 Å². The van der Waals surface area contributed by atoms with Gasteiger partial charge in [0.1, 0.15) is 28.2 Å². The summed E-state index contributed by atoms with van der Waals surface area (Å²) in [6.07, 6.45) is 0.440. The van der Waals surface area contributed by atoms with Gasteiger partial charge in [0.25, 0.3) is 0 Å². The molecule has 0 radical (unpaired) electrons. The van der Waals surface area contributed by atoms with Gasteiger partial charge in [0.2, 0.25) is 5.91 Å². The van der Waals surface area contributed by atoms with Gasteiger partial charge in [0.05, 0.1) is 23.8 Å². The quantitative estimate of drug-likeness (QED) is 0.441. The molecule has 0 bridgehead atoms. The minimum atomic E-state index is -0.803. The number of pyridine rings is 1. The molecule has 1 aromatic carbocycles. The monoisotopic (exact) mass is 494 g/mol. The summed E-state index contributed by atoms with van der Waals surface area (Å²) in [7, 11) is 0. The van der Waals surface area contributed by atoms with Gasteiger partial charge in [0, 0.05) is 26.2 Å². The largest absolute Gasteiger partial charge is 0.394 e. The molecule has 1 aliphatic rings. The standard InChI is InChI=1S/C25H30N6O3S/c1-2-19-20(13-26)24(31-10-6-9-30(11-12-31)15-18(33)16-32)29-25(21(19)14-27)35-22(23(28)34)17-7-4-3-5-8-17/h3-5,7-8,18,22,32-33H,2,6,9-12,15-16H2,1H3,(H2,28,34). The number of amides is 1. The molecular formula is C25H30N6O3S. The molecule has 2 heterocycles. The number of aliphatic hydroxyl groups is 2. The zero-order valence-corrected chi connectivity index (χ0v) is 20.5.